The van der Waals surface area contributed by atoms with Gasteiger partial charge in [-0.25, -0.2) is 4.98 Å². The van der Waals surface area contributed by atoms with Crippen LogP contribution < -0.4 is 9.47 Å². The summed E-state index contributed by atoms with van der Waals surface area (Å²) in [4.78, 5) is 12.5. The number of para-hydroxylation sites is 2. The van der Waals surface area contributed by atoms with Crippen LogP contribution in [0.1, 0.15) is 0 Å². The molecule has 0 aliphatic rings. The molecule has 0 radical (unpaired) electrons. The zero-order valence-corrected chi connectivity index (χ0v) is 12.8. The molecule has 0 aliphatic heterocycles. The molecule has 2 aromatic heterocycles. The summed E-state index contributed by atoms with van der Waals surface area (Å²) < 4.78 is 10.8. The minimum atomic E-state index is 0.721. The first-order valence-corrected chi connectivity index (χ1v) is 7.25. The Morgan fingerprint density at radius 3 is 2.61 bits per heavy atom. The van der Waals surface area contributed by atoms with E-state index in [0.717, 1.165) is 44.8 Å². The maximum absolute atomic E-state index is 5.47. The molecule has 0 spiro atoms. The van der Waals surface area contributed by atoms with E-state index < -0.39 is 0 Å². The number of nitrogens with zero attached hydrogens (tertiary/aromatic N) is 2. The molecular weight excluding hydrogens is 290 g/mol. The number of nitrogens with one attached hydrogen (secondary N) is 1. The van der Waals surface area contributed by atoms with Crippen LogP contribution in [-0.4, -0.2) is 29.2 Å². The van der Waals surface area contributed by atoms with Crippen LogP contribution >= 0.6 is 0 Å². The number of hydrogen-bond acceptors (Lipinski definition) is 4. The minimum absolute atomic E-state index is 0.721. The van der Waals surface area contributed by atoms with E-state index in [0.29, 0.717) is 0 Å². The maximum atomic E-state index is 5.47. The van der Waals surface area contributed by atoms with Gasteiger partial charge < -0.3 is 14.5 Å². The molecule has 0 saturated carbocycles. The van der Waals surface area contributed by atoms with E-state index in [9.17, 15) is 0 Å². The Balaban J connectivity index is 1.90. The molecule has 2 aromatic carbocycles. The van der Waals surface area contributed by atoms with Gasteiger partial charge in [0, 0.05) is 29.3 Å². The third-order valence-corrected chi connectivity index (χ3v) is 3.85. The van der Waals surface area contributed by atoms with Crippen molar-refractivity contribution < 1.29 is 9.47 Å². The van der Waals surface area contributed by atoms with Crippen molar-refractivity contribution in [1.29, 1.82) is 0 Å². The number of aromatic nitrogens is 3. The van der Waals surface area contributed by atoms with Crippen LogP contribution in [0.3, 0.4) is 0 Å². The Morgan fingerprint density at radius 2 is 1.83 bits per heavy atom. The molecule has 23 heavy (non-hydrogen) atoms. The van der Waals surface area contributed by atoms with Gasteiger partial charge in [-0.2, -0.15) is 0 Å². The van der Waals surface area contributed by atoms with E-state index in [1.165, 1.54) is 0 Å². The fourth-order valence-corrected chi connectivity index (χ4v) is 2.68. The number of fused-ring (bicyclic) bond motifs is 2. The number of hydrogen-bond donors (Lipinski definition) is 1. The summed E-state index contributed by atoms with van der Waals surface area (Å²) in [5.41, 5.74) is 3.67. The monoisotopic (exact) mass is 305 g/mol. The second kappa shape index (κ2) is 5.28. The van der Waals surface area contributed by atoms with Gasteiger partial charge in [0.1, 0.15) is 17.3 Å². The number of imidazole rings is 1. The quantitative estimate of drug-likeness (QED) is 0.625. The second-order valence-corrected chi connectivity index (χ2v) is 5.22. The molecule has 4 rings (SSSR count). The highest BCUT2D eigenvalue weighted by molar-refractivity contribution is 5.90. The van der Waals surface area contributed by atoms with Gasteiger partial charge in [-0.3, -0.25) is 4.98 Å². The molecule has 0 bridgehead atoms. The number of methoxy groups -OCH3 is 2. The zero-order valence-electron chi connectivity index (χ0n) is 12.8. The van der Waals surface area contributed by atoms with Crippen molar-refractivity contribution in [1.82, 2.24) is 15.0 Å². The lowest BCUT2D eigenvalue weighted by Gasteiger charge is -2.09. The number of ether oxygens (including phenoxy) is 2. The highest BCUT2D eigenvalue weighted by Gasteiger charge is 2.10. The summed E-state index contributed by atoms with van der Waals surface area (Å²) in [6.07, 6.45) is 1.80. The summed E-state index contributed by atoms with van der Waals surface area (Å²) >= 11 is 0. The first-order chi connectivity index (χ1) is 11.3. The maximum Gasteiger partial charge on any atom is 0.140 e. The molecule has 1 N–H and O–H groups in total. The number of rotatable bonds is 3. The zero-order chi connectivity index (χ0) is 15.8. The van der Waals surface area contributed by atoms with Crippen LogP contribution in [0.2, 0.25) is 0 Å². The van der Waals surface area contributed by atoms with Gasteiger partial charge in [0.15, 0.2) is 0 Å². The number of benzene rings is 2. The van der Waals surface area contributed by atoms with Crippen molar-refractivity contribution >= 4 is 21.9 Å². The fraction of sp³-hybridized carbons (Fsp3) is 0.111. The van der Waals surface area contributed by atoms with Gasteiger partial charge in [0.2, 0.25) is 0 Å². The first-order valence-electron chi connectivity index (χ1n) is 7.25. The summed E-state index contributed by atoms with van der Waals surface area (Å²) in [5.74, 6) is 2.24. The number of aromatic amines is 1. The van der Waals surface area contributed by atoms with Gasteiger partial charge in [0.05, 0.1) is 30.8 Å². The van der Waals surface area contributed by atoms with E-state index >= 15 is 0 Å². The molecule has 0 fully saturated rings. The van der Waals surface area contributed by atoms with E-state index in [-0.39, 0.29) is 0 Å². The van der Waals surface area contributed by atoms with Crippen LogP contribution in [-0.2, 0) is 0 Å². The Kier molecular flexibility index (Phi) is 3.12. The smallest absolute Gasteiger partial charge is 0.140 e. The Hall–Kier alpha value is -3.08. The highest BCUT2D eigenvalue weighted by Crippen LogP contribution is 2.32. The molecule has 4 aromatic rings. The average molecular weight is 305 g/mol. The lowest BCUT2D eigenvalue weighted by atomic mass is 10.1. The van der Waals surface area contributed by atoms with Crippen molar-refractivity contribution in [2.24, 2.45) is 0 Å². The van der Waals surface area contributed by atoms with E-state index in [1.54, 1.807) is 20.4 Å². The van der Waals surface area contributed by atoms with Gasteiger partial charge in [-0.15, -0.1) is 0 Å². The van der Waals surface area contributed by atoms with Crippen molar-refractivity contribution in [3.8, 4) is 22.9 Å². The highest BCUT2D eigenvalue weighted by atomic mass is 16.5. The molecule has 5 nitrogen and oxygen atoms in total. The van der Waals surface area contributed by atoms with E-state index in [2.05, 4.69) is 15.0 Å². The van der Waals surface area contributed by atoms with Gasteiger partial charge in [0.25, 0.3) is 0 Å². The van der Waals surface area contributed by atoms with Gasteiger partial charge in [-0.05, 0) is 18.2 Å². The molecule has 0 amide bonds. The normalized spacial score (nSPS) is 11.0. The molecular formula is C18H15N3O2. The lowest BCUT2D eigenvalue weighted by Crippen LogP contribution is -1.91. The van der Waals surface area contributed by atoms with Crippen LogP contribution in [0.15, 0.2) is 48.7 Å². The number of pyridine rings is 1. The van der Waals surface area contributed by atoms with Crippen molar-refractivity contribution in [2.75, 3.05) is 14.2 Å². The lowest BCUT2D eigenvalue weighted by molar-refractivity contribution is 0.398. The van der Waals surface area contributed by atoms with Crippen molar-refractivity contribution in [3.05, 3.63) is 48.7 Å². The first kappa shape index (κ1) is 13.6. The molecule has 0 aliphatic carbocycles. The Morgan fingerprint density at radius 1 is 0.957 bits per heavy atom. The number of H-pyrrole nitrogens is 1. The topological polar surface area (TPSA) is 60.0 Å². The van der Waals surface area contributed by atoms with Crippen LogP contribution in [0.4, 0.5) is 0 Å². The van der Waals surface area contributed by atoms with Crippen LogP contribution in [0.25, 0.3) is 33.3 Å². The molecule has 0 saturated heterocycles. The van der Waals surface area contributed by atoms with E-state index in [1.807, 2.05) is 42.5 Å². The van der Waals surface area contributed by atoms with Crippen LogP contribution in [0.5, 0.6) is 11.5 Å². The van der Waals surface area contributed by atoms with E-state index in [4.69, 9.17) is 9.47 Å². The predicted octanol–water partition coefficient (Wildman–Crippen LogP) is 3.80. The summed E-state index contributed by atoms with van der Waals surface area (Å²) in [7, 11) is 3.27. The standard InChI is InChI=1S/C18H15N3O2/c1-22-12-8-16-13(17(9-12)23-2)7-11(10-19-16)18-20-14-5-3-4-6-15(14)21-18/h3-10H,1-2H3,(H,20,21). The minimum Gasteiger partial charge on any atom is -0.497 e. The summed E-state index contributed by atoms with van der Waals surface area (Å²) in [5, 5.41) is 0.922. The molecule has 114 valence electrons. The summed E-state index contributed by atoms with van der Waals surface area (Å²) in [6.45, 7) is 0. The van der Waals surface area contributed by atoms with Crippen LogP contribution in [0, 0.1) is 0 Å². The molecule has 5 heteroatoms. The predicted molar refractivity (Wildman–Crippen MR) is 89.9 cm³/mol. The van der Waals surface area contributed by atoms with Gasteiger partial charge >= 0.3 is 0 Å². The molecule has 2 heterocycles. The largest absolute Gasteiger partial charge is 0.497 e. The molecule has 0 atom stereocenters. The second-order valence-electron chi connectivity index (χ2n) is 5.22. The third kappa shape index (κ3) is 2.26. The van der Waals surface area contributed by atoms with Gasteiger partial charge in [-0.1, -0.05) is 12.1 Å². The van der Waals surface area contributed by atoms with Crippen molar-refractivity contribution in [3.63, 3.8) is 0 Å². The Bertz CT molecular complexity index is 975. The SMILES string of the molecule is COc1cc(OC)c2cc(-c3nc4ccccc4[nH]3)cnc2c1. The molecule has 0 unspecified atom stereocenters. The van der Waals surface area contributed by atoms with Crippen molar-refractivity contribution in [2.45, 2.75) is 0 Å². The Labute approximate surface area is 132 Å². The third-order valence-electron chi connectivity index (χ3n) is 3.85. The fourth-order valence-electron chi connectivity index (χ4n) is 2.68. The summed E-state index contributed by atoms with van der Waals surface area (Å²) in [6, 6.07) is 13.7. The average Bonchev–Trinajstić information content (AvgIpc) is 3.04.